The van der Waals surface area contributed by atoms with Crippen molar-refractivity contribution in [3.8, 4) is 0 Å². The van der Waals surface area contributed by atoms with Gasteiger partial charge in [0.1, 0.15) is 0 Å². The molecule has 1 rings (SSSR count). The first-order valence-corrected chi connectivity index (χ1v) is 6.61. The fraction of sp³-hybridized carbons (Fsp3) is 1.00. The Morgan fingerprint density at radius 3 is 1.73 bits per heavy atom. The summed E-state index contributed by atoms with van der Waals surface area (Å²) >= 11 is 0. The highest BCUT2D eigenvalue weighted by Gasteiger charge is 2.35. The van der Waals surface area contributed by atoms with Crippen LogP contribution in [0.25, 0.3) is 0 Å². The number of hydrogen-bond donors (Lipinski definition) is 1. The predicted molar refractivity (Wildman–Crippen MR) is 65.8 cm³/mol. The molecule has 1 heteroatoms. The van der Waals surface area contributed by atoms with E-state index in [-0.39, 0.29) is 6.10 Å². The Bertz CT molecular complexity index is 164. The molecule has 0 spiro atoms. The van der Waals surface area contributed by atoms with E-state index in [2.05, 4.69) is 27.7 Å². The second-order valence-electron chi connectivity index (χ2n) is 6.43. The van der Waals surface area contributed by atoms with E-state index >= 15 is 0 Å². The van der Waals surface area contributed by atoms with E-state index in [1.807, 2.05) is 0 Å². The van der Waals surface area contributed by atoms with Gasteiger partial charge < -0.3 is 5.11 Å². The molecule has 0 saturated heterocycles. The molecule has 15 heavy (non-hydrogen) atoms. The molecule has 1 fully saturated rings. The molecule has 0 radical (unpaired) electrons. The van der Waals surface area contributed by atoms with Gasteiger partial charge in [0.2, 0.25) is 0 Å². The molecule has 1 N–H and O–H groups in total. The zero-order valence-corrected chi connectivity index (χ0v) is 10.9. The summed E-state index contributed by atoms with van der Waals surface area (Å²) in [4.78, 5) is 0. The van der Waals surface area contributed by atoms with Crippen LogP contribution >= 0.6 is 0 Å². The van der Waals surface area contributed by atoms with E-state index in [4.69, 9.17) is 0 Å². The lowest BCUT2D eigenvalue weighted by molar-refractivity contribution is 0.0368. The zero-order chi connectivity index (χ0) is 11.5. The summed E-state index contributed by atoms with van der Waals surface area (Å²) in [7, 11) is 0. The van der Waals surface area contributed by atoms with Crippen LogP contribution in [0.15, 0.2) is 0 Å². The molecular formula is C14H28O. The maximum absolute atomic E-state index is 9.61. The number of hydrogen-bond acceptors (Lipinski definition) is 1. The van der Waals surface area contributed by atoms with E-state index in [0.717, 1.165) is 24.7 Å². The molecule has 1 nitrogen and oxygen atoms in total. The number of rotatable bonds is 4. The molecule has 0 aliphatic heterocycles. The van der Waals surface area contributed by atoms with Crippen molar-refractivity contribution in [1.82, 2.24) is 0 Å². The summed E-state index contributed by atoms with van der Waals surface area (Å²) in [6, 6.07) is 0. The Morgan fingerprint density at radius 1 is 1.00 bits per heavy atom. The summed E-state index contributed by atoms with van der Waals surface area (Å²) in [5.74, 6) is 1.58. The van der Waals surface area contributed by atoms with E-state index in [9.17, 15) is 5.11 Å². The van der Waals surface area contributed by atoms with Gasteiger partial charge in [0.15, 0.2) is 0 Å². The van der Waals surface area contributed by atoms with Crippen LogP contribution in [0.2, 0.25) is 0 Å². The van der Waals surface area contributed by atoms with E-state index in [1.54, 1.807) is 0 Å². The van der Waals surface area contributed by atoms with Gasteiger partial charge in [-0.15, -0.1) is 0 Å². The minimum Gasteiger partial charge on any atom is -0.393 e. The number of aliphatic hydroxyl groups excluding tert-OH is 1. The quantitative estimate of drug-likeness (QED) is 0.747. The first-order chi connectivity index (χ1) is 6.93. The average Bonchev–Trinajstić information content (AvgIpc) is 2.08. The van der Waals surface area contributed by atoms with Gasteiger partial charge in [-0.05, 0) is 55.8 Å². The number of aliphatic hydroxyl groups is 1. The molecule has 1 saturated carbocycles. The minimum atomic E-state index is -0.0163. The molecule has 0 bridgehead atoms. The molecule has 0 heterocycles. The van der Waals surface area contributed by atoms with Crippen molar-refractivity contribution in [3.63, 3.8) is 0 Å². The van der Waals surface area contributed by atoms with Gasteiger partial charge in [-0.2, -0.15) is 0 Å². The van der Waals surface area contributed by atoms with E-state index < -0.39 is 0 Å². The van der Waals surface area contributed by atoms with Crippen LogP contribution in [0.1, 0.15) is 66.2 Å². The molecule has 0 atom stereocenters. The van der Waals surface area contributed by atoms with Gasteiger partial charge in [-0.1, -0.05) is 27.7 Å². The maximum Gasteiger partial charge on any atom is 0.0540 e. The first-order valence-electron chi connectivity index (χ1n) is 6.61. The van der Waals surface area contributed by atoms with E-state index in [1.165, 1.54) is 25.7 Å². The average molecular weight is 212 g/mol. The lowest BCUT2D eigenvalue weighted by Gasteiger charge is -2.41. The summed E-state index contributed by atoms with van der Waals surface area (Å²) in [6.45, 7) is 9.31. The molecule has 90 valence electrons. The Hall–Kier alpha value is -0.0400. The largest absolute Gasteiger partial charge is 0.393 e. The zero-order valence-electron chi connectivity index (χ0n) is 10.9. The van der Waals surface area contributed by atoms with Gasteiger partial charge in [-0.25, -0.2) is 0 Å². The molecule has 0 aromatic rings. The third-order valence-corrected chi connectivity index (χ3v) is 3.70. The van der Waals surface area contributed by atoms with Crippen LogP contribution in [0.5, 0.6) is 0 Å². The minimum absolute atomic E-state index is 0.0163. The monoisotopic (exact) mass is 212 g/mol. The first kappa shape index (κ1) is 13.0. The molecule has 0 aromatic heterocycles. The van der Waals surface area contributed by atoms with Crippen LogP contribution in [0.4, 0.5) is 0 Å². The van der Waals surface area contributed by atoms with Crippen LogP contribution < -0.4 is 0 Å². The fourth-order valence-corrected chi connectivity index (χ4v) is 3.44. The molecule has 0 aromatic carbocycles. The van der Waals surface area contributed by atoms with Crippen molar-refractivity contribution < 1.29 is 5.11 Å². The van der Waals surface area contributed by atoms with Crippen molar-refractivity contribution in [1.29, 1.82) is 0 Å². The second-order valence-corrected chi connectivity index (χ2v) is 6.43. The lowest BCUT2D eigenvalue weighted by atomic mass is 9.65. The highest BCUT2D eigenvalue weighted by molar-refractivity contribution is 4.87. The Kier molecular flexibility index (Phi) is 4.64. The summed E-state index contributed by atoms with van der Waals surface area (Å²) in [5.41, 5.74) is 0.543. The van der Waals surface area contributed by atoms with Gasteiger partial charge in [0.25, 0.3) is 0 Å². The summed E-state index contributed by atoms with van der Waals surface area (Å²) < 4.78 is 0. The Morgan fingerprint density at radius 2 is 1.40 bits per heavy atom. The molecule has 0 amide bonds. The van der Waals surface area contributed by atoms with Crippen molar-refractivity contribution in [2.24, 2.45) is 17.3 Å². The third kappa shape index (κ3) is 4.14. The maximum atomic E-state index is 9.61. The predicted octanol–water partition coefficient (Wildman–Crippen LogP) is 4.00. The Labute approximate surface area is 95.3 Å². The van der Waals surface area contributed by atoms with Gasteiger partial charge in [-0.3, -0.25) is 0 Å². The topological polar surface area (TPSA) is 20.2 Å². The standard InChI is InChI=1S/C14H28O/c1-11(2)9-14(10-12(3)4)7-5-13(15)6-8-14/h11-13,15H,5-10H2,1-4H3. The SMILES string of the molecule is CC(C)CC1(CC(C)C)CCC(O)CC1. The van der Waals surface area contributed by atoms with Gasteiger partial charge in [0, 0.05) is 0 Å². The van der Waals surface area contributed by atoms with Crippen LogP contribution in [-0.4, -0.2) is 11.2 Å². The van der Waals surface area contributed by atoms with E-state index in [0.29, 0.717) is 5.41 Å². The third-order valence-electron chi connectivity index (χ3n) is 3.70. The summed E-state index contributed by atoms with van der Waals surface area (Å²) in [5, 5.41) is 9.61. The highest BCUT2D eigenvalue weighted by Crippen LogP contribution is 2.45. The smallest absolute Gasteiger partial charge is 0.0540 e. The van der Waals surface area contributed by atoms with Crippen LogP contribution in [-0.2, 0) is 0 Å². The fourth-order valence-electron chi connectivity index (χ4n) is 3.44. The molecule has 0 unspecified atom stereocenters. The van der Waals surface area contributed by atoms with Crippen LogP contribution in [0.3, 0.4) is 0 Å². The lowest BCUT2D eigenvalue weighted by Crippen LogP contribution is -2.32. The van der Waals surface area contributed by atoms with Crippen molar-refractivity contribution >= 4 is 0 Å². The normalized spacial score (nSPS) is 22.6. The molecule has 1 aliphatic rings. The second kappa shape index (κ2) is 5.34. The molecular weight excluding hydrogens is 184 g/mol. The van der Waals surface area contributed by atoms with Gasteiger partial charge in [0.05, 0.1) is 6.10 Å². The van der Waals surface area contributed by atoms with Crippen molar-refractivity contribution in [2.45, 2.75) is 72.3 Å². The van der Waals surface area contributed by atoms with Crippen LogP contribution in [0, 0.1) is 17.3 Å². The molecule has 1 aliphatic carbocycles. The van der Waals surface area contributed by atoms with Crippen molar-refractivity contribution in [2.75, 3.05) is 0 Å². The highest BCUT2D eigenvalue weighted by atomic mass is 16.3. The Balaban J connectivity index is 2.60. The van der Waals surface area contributed by atoms with Crippen molar-refractivity contribution in [3.05, 3.63) is 0 Å². The van der Waals surface area contributed by atoms with Gasteiger partial charge >= 0.3 is 0 Å². The summed E-state index contributed by atoms with van der Waals surface area (Å²) in [6.07, 6.45) is 7.21.